The zero-order valence-corrected chi connectivity index (χ0v) is 13.3. The average Bonchev–Trinajstić information content (AvgIpc) is 2.56. The first-order chi connectivity index (χ1) is 11.5. The minimum absolute atomic E-state index is 0.138. The Morgan fingerprint density at radius 2 is 1.72 bits per heavy atom. The highest BCUT2D eigenvalue weighted by Crippen LogP contribution is 2.32. The van der Waals surface area contributed by atoms with Crippen molar-refractivity contribution >= 4 is 0 Å². The smallest absolute Gasteiger partial charge is 0.390 e. The van der Waals surface area contributed by atoms with Crippen molar-refractivity contribution in [3.05, 3.63) is 35.4 Å². The number of rotatable bonds is 4. The van der Waals surface area contributed by atoms with Gasteiger partial charge in [0.25, 0.3) is 0 Å². The van der Waals surface area contributed by atoms with Gasteiger partial charge >= 0.3 is 6.18 Å². The standard InChI is InChI=1S/C16H21F3O6/c1-7-12(21)15(24)14(23)11(25-7)6-10(20)13(22)8-3-2-4-9(5-8)16(17,18)19/h2-5,7,10-15,20-24H,6H2,1H3/t7-,10?,11?,12-,13?,14-,15+/m0/s1. The van der Waals surface area contributed by atoms with Crippen molar-refractivity contribution in [2.45, 2.75) is 62.2 Å². The van der Waals surface area contributed by atoms with E-state index < -0.39 is 54.5 Å². The molecule has 1 aromatic carbocycles. The molecule has 25 heavy (non-hydrogen) atoms. The molecule has 1 aliphatic heterocycles. The van der Waals surface area contributed by atoms with E-state index in [0.717, 1.165) is 18.2 Å². The van der Waals surface area contributed by atoms with Crippen LogP contribution in [0.3, 0.4) is 0 Å². The van der Waals surface area contributed by atoms with E-state index in [-0.39, 0.29) is 12.0 Å². The van der Waals surface area contributed by atoms with Gasteiger partial charge in [-0.3, -0.25) is 0 Å². The first-order valence-corrected chi connectivity index (χ1v) is 7.75. The SMILES string of the molecule is C[C@@H]1OC(CC(O)C(O)c2cccc(C(F)(F)F)c2)[C@H](O)[C@H](O)[C@H]1O. The summed E-state index contributed by atoms with van der Waals surface area (Å²) in [6, 6.07) is 3.92. The minimum atomic E-state index is -4.58. The summed E-state index contributed by atoms with van der Waals surface area (Å²) >= 11 is 0. The second kappa shape index (κ2) is 7.56. The third-order valence-electron chi connectivity index (χ3n) is 4.34. The largest absolute Gasteiger partial charge is 0.416 e. The van der Waals surface area contributed by atoms with Crippen LogP contribution in [0.25, 0.3) is 0 Å². The number of aliphatic hydroxyl groups is 5. The third-order valence-corrected chi connectivity index (χ3v) is 4.34. The zero-order chi connectivity index (χ0) is 18.9. The molecule has 2 rings (SSSR count). The van der Waals surface area contributed by atoms with Crippen LogP contribution in [0.2, 0.25) is 0 Å². The summed E-state index contributed by atoms with van der Waals surface area (Å²) in [5.74, 6) is 0. The number of halogens is 3. The van der Waals surface area contributed by atoms with Gasteiger partial charge in [0.15, 0.2) is 0 Å². The summed E-state index contributed by atoms with van der Waals surface area (Å²) in [4.78, 5) is 0. The molecule has 0 amide bonds. The molecule has 0 spiro atoms. The van der Waals surface area contributed by atoms with E-state index in [9.17, 15) is 38.7 Å². The summed E-state index contributed by atoms with van der Waals surface area (Å²) in [6.45, 7) is 1.46. The normalized spacial score (nSPS) is 33.1. The fourth-order valence-corrected chi connectivity index (χ4v) is 2.82. The molecule has 9 heteroatoms. The minimum Gasteiger partial charge on any atom is -0.390 e. The monoisotopic (exact) mass is 366 g/mol. The Labute approximate surface area is 142 Å². The lowest BCUT2D eigenvalue weighted by Crippen LogP contribution is -2.57. The van der Waals surface area contributed by atoms with Gasteiger partial charge in [-0.05, 0) is 24.6 Å². The molecule has 1 heterocycles. The number of hydrogen-bond acceptors (Lipinski definition) is 6. The van der Waals surface area contributed by atoms with Gasteiger partial charge in [-0.15, -0.1) is 0 Å². The van der Waals surface area contributed by atoms with Gasteiger partial charge in [-0.25, -0.2) is 0 Å². The highest BCUT2D eigenvalue weighted by Gasteiger charge is 2.43. The van der Waals surface area contributed by atoms with Crippen molar-refractivity contribution in [3.8, 4) is 0 Å². The van der Waals surface area contributed by atoms with Gasteiger partial charge in [-0.2, -0.15) is 13.2 Å². The molecule has 7 atom stereocenters. The third kappa shape index (κ3) is 4.49. The Hall–Kier alpha value is -1.23. The maximum Gasteiger partial charge on any atom is 0.416 e. The predicted octanol–water partition coefficient (Wildman–Crippen LogP) is 0.360. The van der Waals surface area contributed by atoms with E-state index in [1.54, 1.807) is 0 Å². The maximum absolute atomic E-state index is 12.7. The molecule has 3 unspecified atom stereocenters. The summed E-state index contributed by atoms with van der Waals surface area (Å²) < 4.78 is 43.5. The van der Waals surface area contributed by atoms with Gasteiger partial charge < -0.3 is 30.3 Å². The maximum atomic E-state index is 12.7. The van der Waals surface area contributed by atoms with Crippen molar-refractivity contribution in [3.63, 3.8) is 0 Å². The number of aliphatic hydroxyl groups excluding tert-OH is 5. The Kier molecular flexibility index (Phi) is 6.08. The van der Waals surface area contributed by atoms with Crippen molar-refractivity contribution in [1.82, 2.24) is 0 Å². The summed E-state index contributed by atoms with van der Waals surface area (Å²) in [6.07, 6.45) is -14.3. The fraction of sp³-hybridized carbons (Fsp3) is 0.625. The van der Waals surface area contributed by atoms with Gasteiger partial charge in [0.05, 0.1) is 23.9 Å². The van der Waals surface area contributed by atoms with Crippen molar-refractivity contribution in [2.24, 2.45) is 0 Å². The quantitative estimate of drug-likeness (QED) is 0.526. The van der Waals surface area contributed by atoms with Crippen LogP contribution in [0.15, 0.2) is 24.3 Å². The molecular weight excluding hydrogens is 345 g/mol. The predicted molar refractivity (Wildman–Crippen MR) is 79.4 cm³/mol. The van der Waals surface area contributed by atoms with E-state index in [1.807, 2.05) is 0 Å². The number of ether oxygens (including phenoxy) is 1. The lowest BCUT2D eigenvalue weighted by molar-refractivity contribution is -0.225. The highest BCUT2D eigenvalue weighted by atomic mass is 19.4. The van der Waals surface area contributed by atoms with Crippen LogP contribution in [-0.2, 0) is 10.9 Å². The van der Waals surface area contributed by atoms with E-state index in [0.29, 0.717) is 0 Å². The molecule has 0 saturated carbocycles. The topological polar surface area (TPSA) is 110 Å². The zero-order valence-electron chi connectivity index (χ0n) is 13.3. The lowest BCUT2D eigenvalue weighted by atomic mass is 9.90. The molecule has 0 aromatic heterocycles. The first kappa shape index (κ1) is 20.1. The van der Waals surface area contributed by atoms with Gasteiger partial charge in [0.1, 0.15) is 24.4 Å². The molecule has 0 aliphatic carbocycles. The molecule has 6 nitrogen and oxygen atoms in total. The molecular formula is C16H21F3O6. The van der Waals surface area contributed by atoms with E-state index in [4.69, 9.17) is 4.74 Å². The Morgan fingerprint density at radius 3 is 2.32 bits per heavy atom. The fourth-order valence-electron chi connectivity index (χ4n) is 2.82. The van der Waals surface area contributed by atoms with Gasteiger partial charge in [0.2, 0.25) is 0 Å². The summed E-state index contributed by atoms with van der Waals surface area (Å²) in [5, 5.41) is 49.5. The van der Waals surface area contributed by atoms with Gasteiger partial charge in [0, 0.05) is 6.42 Å². The molecule has 1 aliphatic rings. The van der Waals surface area contributed by atoms with Crippen LogP contribution in [0.1, 0.15) is 30.6 Å². The summed E-state index contributed by atoms with van der Waals surface area (Å²) in [5.41, 5.74) is -1.10. The second-order valence-electron chi connectivity index (χ2n) is 6.22. The van der Waals surface area contributed by atoms with Crippen LogP contribution in [0.4, 0.5) is 13.2 Å². The van der Waals surface area contributed by atoms with Gasteiger partial charge in [-0.1, -0.05) is 12.1 Å². The van der Waals surface area contributed by atoms with E-state index >= 15 is 0 Å². The van der Waals surface area contributed by atoms with Crippen molar-refractivity contribution in [1.29, 1.82) is 0 Å². The molecule has 5 N–H and O–H groups in total. The second-order valence-corrected chi connectivity index (χ2v) is 6.22. The van der Waals surface area contributed by atoms with E-state index in [1.165, 1.54) is 13.0 Å². The average molecular weight is 366 g/mol. The Balaban J connectivity index is 2.09. The van der Waals surface area contributed by atoms with Crippen LogP contribution in [0.5, 0.6) is 0 Å². The Bertz CT molecular complexity index is 581. The molecule has 142 valence electrons. The molecule has 0 radical (unpaired) electrons. The van der Waals surface area contributed by atoms with Crippen LogP contribution in [0, 0.1) is 0 Å². The first-order valence-electron chi connectivity index (χ1n) is 7.75. The van der Waals surface area contributed by atoms with Crippen LogP contribution >= 0.6 is 0 Å². The van der Waals surface area contributed by atoms with E-state index in [2.05, 4.69) is 0 Å². The number of alkyl halides is 3. The van der Waals surface area contributed by atoms with Crippen LogP contribution < -0.4 is 0 Å². The molecule has 1 aromatic rings. The molecule has 1 saturated heterocycles. The molecule has 0 bridgehead atoms. The highest BCUT2D eigenvalue weighted by molar-refractivity contribution is 5.27. The van der Waals surface area contributed by atoms with Crippen molar-refractivity contribution in [2.75, 3.05) is 0 Å². The van der Waals surface area contributed by atoms with Crippen molar-refractivity contribution < 1.29 is 43.4 Å². The number of hydrogen-bond donors (Lipinski definition) is 5. The lowest BCUT2D eigenvalue weighted by Gasteiger charge is -2.40. The Morgan fingerprint density at radius 1 is 1.08 bits per heavy atom. The summed E-state index contributed by atoms with van der Waals surface area (Å²) in [7, 11) is 0. The molecule has 1 fully saturated rings. The number of benzene rings is 1. The van der Waals surface area contributed by atoms with Crippen LogP contribution in [-0.4, -0.2) is 62.2 Å².